The Morgan fingerprint density at radius 3 is 2.76 bits per heavy atom. The molecule has 0 aliphatic heterocycles. The van der Waals surface area contributed by atoms with Crippen molar-refractivity contribution in [3.8, 4) is 17.0 Å². The van der Waals surface area contributed by atoms with Gasteiger partial charge in [0, 0.05) is 22.1 Å². The lowest BCUT2D eigenvalue weighted by Crippen LogP contribution is -2.24. The lowest BCUT2D eigenvalue weighted by atomic mass is 10.1. The molecule has 2 aromatic carbocycles. The molecule has 5 nitrogen and oxygen atoms in total. The zero-order valence-electron chi connectivity index (χ0n) is 13.6. The highest BCUT2D eigenvalue weighted by atomic mass is 79.9. The van der Waals surface area contributed by atoms with Crippen LogP contribution in [0, 0.1) is 0 Å². The van der Waals surface area contributed by atoms with Crippen molar-refractivity contribution in [2.45, 2.75) is 13.3 Å². The topological polar surface area (TPSA) is 82.2 Å². The molecule has 25 heavy (non-hydrogen) atoms. The van der Waals surface area contributed by atoms with Crippen molar-refractivity contribution in [1.29, 1.82) is 0 Å². The maximum Gasteiger partial charge on any atom is 0.251 e. The van der Waals surface area contributed by atoms with Gasteiger partial charge < -0.3 is 15.4 Å². The molecule has 0 unspecified atom stereocenters. The third-order valence-electron chi connectivity index (χ3n) is 3.89. The van der Waals surface area contributed by atoms with Crippen LogP contribution in [0.3, 0.4) is 0 Å². The molecule has 3 aromatic rings. The minimum atomic E-state index is -0.506. The average molecular weight is 401 g/mol. The minimum Gasteiger partial charge on any atom is -0.503 e. The van der Waals surface area contributed by atoms with Gasteiger partial charge in [0.1, 0.15) is 0 Å². The molecule has 0 fully saturated rings. The highest BCUT2D eigenvalue weighted by Gasteiger charge is 2.15. The molecule has 1 heterocycles. The molecule has 3 rings (SSSR count). The fourth-order valence-corrected chi connectivity index (χ4v) is 3.01. The van der Waals surface area contributed by atoms with Crippen LogP contribution in [0.1, 0.15) is 23.7 Å². The maximum absolute atomic E-state index is 12.6. The lowest BCUT2D eigenvalue weighted by molar-refractivity contribution is 0.0954. The van der Waals surface area contributed by atoms with Gasteiger partial charge in [-0.2, -0.15) is 0 Å². The molecular weight excluding hydrogens is 384 g/mol. The van der Waals surface area contributed by atoms with Gasteiger partial charge in [0.25, 0.3) is 5.91 Å². The van der Waals surface area contributed by atoms with Crippen LogP contribution in [0.5, 0.6) is 5.75 Å². The predicted octanol–water partition coefficient (Wildman–Crippen LogP) is 3.80. The van der Waals surface area contributed by atoms with Gasteiger partial charge in [0.2, 0.25) is 5.43 Å². The second-order valence-electron chi connectivity index (χ2n) is 5.70. The summed E-state index contributed by atoms with van der Waals surface area (Å²) in [5.74, 6) is -0.601. The first kappa shape index (κ1) is 17.2. The molecule has 6 heteroatoms. The van der Waals surface area contributed by atoms with Crippen molar-refractivity contribution in [3.63, 3.8) is 0 Å². The SMILES string of the molecule is CCCNC(=O)c1ccc2[nH]c(-c3cccc(Br)c3)c(O)c(=O)c2c1. The van der Waals surface area contributed by atoms with Crippen LogP contribution in [-0.4, -0.2) is 22.5 Å². The summed E-state index contributed by atoms with van der Waals surface area (Å²) < 4.78 is 0.841. The molecule has 0 saturated heterocycles. The predicted molar refractivity (Wildman–Crippen MR) is 102 cm³/mol. The first-order valence-electron chi connectivity index (χ1n) is 7.94. The Morgan fingerprint density at radius 1 is 1.24 bits per heavy atom. The first-order valence-corrected chi connectivity index (χ1v) is 8.73. The second-order valence-corrected chi connectivity index (χ2v) is 6.62. The van der Waals surface area contributed by atoms with E-state index >= 15 is 0 Å². The summed E-state index contributed by atoms with van der Waals surface area (Å²) in [4.78, 5) is 27.7. The standard InChI is InChI=1S/C19H17BrN2O3/c1-2-8-21-19(25)12-6-7-15-14(10-12)17(23)18(24)16(22-15)11-4-3-5-13(20)9-11/h3-7,9-10,24H,2,8H2,1H3,(H,21,25)(H,22,23). The zero-order valence-corrected chi connectivity index (χ0v) is 15.2. The number of benzene rings is 2. The Morgan fingerprint density at radius 2 is 2.04 bits per heavy atom. The van der Waals surface area contributed by atoms with Crippen molar-refractivity contribution < 1.29 is 9.90 Å². The smallest absolute Gasteiger partial charge is 0.251 e. The van der Waals surface area contributed by atoms with E-state index in [0.717, 1.165) is 10.9 Å². The van der Waals surface area contributed by atoms with Gasteiger partial charge in [0.15, 0.2) is 5.75 Å². The normalized spacial score (nSPS) is 10.8. The number of amides is 1. The Hall–Kier alpha value is -2.60. The number of pyridine rings is 1. The number of aromatic nitrogens is 1. The van der Waals surface area contributed by atoms with Gasteiger partial charge in [-0.1, -0.05) is 35.0 Å². The van der Waals surface area contributed by atoms with Crippen LogP contribution in [-0.2, 0) is 0 Å². The molecule has 128 valence electrons. The van der Waals surface area contributed by atoms with E-state index in [1.54, 1.807) is 18.2 Å². The third-order valence-corrected chi connectivity index (χ3v) is 4.38. The van der Waals surface area contributed by atoms with Crippen molar-refractivity contribution >= 4 is 32.7 Å². The summed E-state index contributed by atoms with van der Waals surface area (Å²) in [6.45, 7) is 2.53. The number of aromatic amines is 1. The van der Waals surface area contributed by atoms with E-state index in [4.69, 9.17) is 0 Å². The number of fused-ring (bicyclic) bond motifs is 1. The van der Waals surface area contributed by atoms with Gasteiger partial charge >= 0.3 is 0 Å². The Kier molecular flexibility index (Phi) is 4.90. The van der Waals surface area contributed by atoms with Gasteiger partial charge in [-0.3, -0.25) is 9.59 Å². The van der Waals surface area contributed by atoms with Crippen molar-refractivity contribution in [1.82, 2.24) is 10.3 Å². The molecule has 3 N–H and O–H groups in total. The van der Waals surface area contributed by atoms with Crippen LogP contribution >= 0.6 is 15.9 Å². The van der Waals surface area contributed by atoms with Crippen molar-refractivity contribution in [3.05, 3.63) is 62.7 Å². The summed E-state index contributed by atoms with van der Waals surface area (Å²) in [5, 5.41) is 13.4. The van der Waals surface area contributed by atoms with Crippen LogP contribution in [0.2, 0.25) is 0 Å². The Bertz CT molecular complexity index is 1010. The zero-order chi connectivity index (χ0) is 18.0. The monoisotopic (exact) mass is 400 g/mol. The first-order chi connectivity index (χ1) is 12.0. The fourth-order valence-electron chi connectivity index (χ4n) is 2.61. The Labute approximate surface area is 152 Å². The van der Waals surface area contributed by atoms with E-state index in [1.807, 2.05) is 25.1 Å². The molecule has 0 aliphatic carbocycles. The number of carbonyl (C=O) groups is 1. The summed E-state index contributed by atoms with van der Waals surface area (Å²) >= 11 is 3.38. The summed E-state index contributed by atoms with van der Waals surface area (Å²) in [5.41, 5.74) is 1.48. The van der Waals surface area contributed by atoms with E-state index in [9.17, 15) is 14.7 Å². The highest BCUT2D eigenvalue weighted by Crippen LogP contribution is 2.28. The molecule has 0 atom stereocenters. The van der Waals surface area contributed by atoms with E-state index in [-0.39, 0.29) is 17.0 Å². The van der Waals surface area contributed by atoms with Gasteiger partial charge in [0.05, 0.1) is 16.6 Å². The third kappa shape index (κ3) is 3.44. The molecule has 0 spiro atoms. The molecule has 1 aromatic heterocycles. The number of halogens is 1. The quantitative estimate of drug-likeness (QED) is 0.622. The summed E-state index contributed by atoms with van der Waals surface area (Å²) in [6.07, 6.45) is 0.830. The molecule has 0 radical (unpaired) electrons. The number of H-pyrrole nitrogens is 1. The van der Waals surface area contributed by atoms with E-state index in [2.05, 4.69) is 26.2 Å². The number of hydrogen-bond donors (Lipinski definition) is 3. The lowest BCUT2D eigenvalue weighted by Gasteiger charge is -2.09. The van der Waals surface area contributed by atoms with Gasteiger partial charge in [-0.25, -0.2) is 0 Å². The second kappa shape index (κ2) is 7.11. The average Bonchev–Trinajstić information content (AvgIpc) is 2.62. The molecule has 1 amide bonds. The molecule has 0 aliphatic rings. The molecular formula is C19H17BrN2O3. The largest absolute Gasteiger partial charge is 0.503 e. The van der Waals surface area contributed by atoms with E-state index < -0.39 is 5.43 Å². The highest BCUT2D eigenvalue weighted by molar-refractivity contribution is 9.10. The molecule has 0 saturated carbocycles. The maximum atomic E-state index is 12.6. The van der Waals surface area contributed by atoms with Crippen molar-refractivity contribution in [2.75, 3.05) is 6.54 Å². The van der Waals surface area contributed by atoms with Crippen LogP contribution < -0.4 is 10.7 Å². The number of rotatable bonds is 4. The number of aromatic hydroxyl groups is 1. The number of hydrogen-bond acceptors (Lipinski definition) is 3. The van der Waals surface area contributed by atoms with Crippen LogP contribution in [0.25, 0.3) is 22.2 Å². The van der Waals surface area contributed by atoms with Crippen molar-refractivity contribution in [2.24, 2.45) is 0 Å². The van der Waals surface area contributed by atoms with Gasteiger partial charge in [-0.15, -0.1) is 0 Å². The Balaban J connectivity index is 2.12. The van der Waals surface area contributed by atoms with E-state index in [1.165, 1.54) is 6.07 Å². The summed E-state index contributed by atoms with van der Waals surface area (Å²) in [6, 6.07) is 12.1. The van der Waals surface area contributed by atoms with Crippen LogP contribution in [0.4, 0.5) is 0 Å². The van der Waals surface area contributed by atoms with Gasteiger partial charge in [-0.05, 0) is 36.8 Å². The fraction of sp³-hybridized carbons (Fsp3) is 0.158. The molecule has 0 bridgehead atoms. The minimum absolute atomic E-state index is 0.237. The van der Waals surface area contributed by atoms with Crippen LogP contribution in [0.15, 0.2) is 51.7 Å². The van der Waals surface area contributed by atoms with E-state index in [0.29, 0.717) is 28.9 Å². The number of nitrogens with one attached hydrogen (secondary N) is 2. The number of carbonyl (C=O) groups excluding carboxylic acids is 1. The summed E-state index contributed by atoms with van der Waals surface area (Å²) in [7, 11) is 0.